The molecule has 0 aliphatic carbocycles. The molecule has 20 heavy (non-hydrogen) atoms. The van der Waals surface area contributed by atoms with Crippen molar-refractivity contribution in [3.63, 3.8) is 0 Å². The monoisotopic (exact) mass is 314 g/mol. The average molecular weight is 314 g/mol. The highest BCUT2D eigenvalue weighted by Crippen LogP contribution is 2.29. The normalized spacial score (nSPS) is 24.3. The van der Waals surface area contributed by atoms with Gasteiger partial charge in [-0.15, -0.1) is 11.3 Å². The minimum atomic E-state index is -0.793. The summed E-state index contributed by atoms with van der Waals surface area (Å²) < 4.78 is 11.2. The Balaban J connectivity index is 2.06. The number of nitrogens with one attached hydrogen (secondary N) is 1. The molecule has 2 heterocycles. The third kappa shape index (κ3) is 3.68. The number of carbonyl (C=O) groups is 1. The largest absolute Gasteiger partial charge is 0.321 e. The van der Waals surface area contributed by atoms with Crippen LogP contribution in [-0.4, -0.2) is 39.6 Å². The number of rotatable bonds is 7. The zero-order valence-corrected chi connectivity index (χ0v) is 13.6. The summed E-state index contributed by atoms with van der Waals surface area (Å²) in [6.07, 6.45) is 4.35. The lowest BCUT2D eigenvalue weighted by Gasteiger charge is -2.23. The lowest BCUT2D eigenvalue weighted by Crippen LogP contribution is -2.32. The molecule has 0 aromatic carbocycles. The lowest BCUT2D eigenvalue weighted by atomic mass is 10.2. The maximum Gasteiger partial charge on any atom is 0.241 e. The summed E-state index contributed by atoms with van der Waals surface area (Å²) in [5, 5.41) is 5.48. The van der Waals surface area contributed by atoms with Gasteiger partial charge in [0.25, 0.3) is 0 Å². The van der Waals surface area contributed by atoms with E-state index in [0.29, 0.717) is 12.3 Å². The maximum atomic E-state index is 12.5. The van der Waals surface area contributed by atoms with Gasteiger partial charge in [0.15, 0.2) is 0 Å². The van der Waals surface area contributed by atoms with Crippen LogP contribution >= 0.6 is 11.3 Å². The molecule has 3 atom stereocenters. The topological polar surface area (TPSA) is 49.4 Å². The molecule has 1 fully saturated rings. The van der Waals surface area contributed by atoms with E-state index in [1.54, 1.807) is 17.6 Å². The maximum absolute atomic E-state index is 12.5. The standard InChI is InChI=1S/C14H22N2O2S2/c1-3-6-11-14(17)16(8-5-10-20(2)18)13(15-11)12-7-4-9-19-12/h4,7,9,11,13,15H,3,5-6,8,10H2,1-2H3. The summed E-state index contributed by atoms with van der Waals surface area (Å²) >= 11 is 1.67. The van der Waals surface area contributed by atoms with E-state index in [4.69, 9.17) is 0 Å². The molecular weight excluding hydrogens is 292 g/mol. The van der Waals surface area contributed by atoms with Crippen molar-refractivity contribution in [1.82, 2.24) is 10.2 Å². The fourth-order valence-electron chi connectivity index (χ4n) is 2.53. The third-order valence-corrected chi connectivity index (χ3v) is 5.26. The molecule has 1 aromatic heterocycles. The number of thiophene rings is 1. The summed E-state index contributed by atoms with van der Waals surface area (Å²) in [5.41, 5.74) is 0. The smallest absolute Gasteiger partial charge is 0.241 e. The first kappa shape index (κ1) is 15.7. The van der Waals surface area contributed by atoms with Crippen LogP contribution in [0.25, 0.3) is 0 Å². The van der Waals surface area contributed by atoms with Gasteiger partial charge in [0.1, 0.15) is 6.17 Å². The van der Waals surface area contributed by atoms with Crippen molar-refractivity contribution >= 4 is 28.0 Å². The molecule has 3 unspecified atom stereocenters. The zero-order valence-electron chi connectivity index (χ0n) is 12.0. The Bertz CT molecular complexity index is 462. The van der Waals surface area contributed by atoms with Gasteiger partial charge >= 0.3 is 0 Å². The van der Waals surface area contributed by atoms with Crippen LogP contribution in [-0.2, 0) is 15.6 Å². The number of nitrogens with zero attached hydrogens (tertiary/aromatic N) is 1. The summed E-state index contributed by atoms with van der Waals surface area (Å²) in [6.45, 7) is 2.77. The summed E-state index contributed by atoms with van der Waals surface area (Å²) in [6, 6.07) is 4.01. The zero-order chi connectivity index (χ0) is 14.5. The van der Waals surface area contributed by atoms with Crippen LogP contribution < -0.4 is 5.32 Å². The highest BCUT2D eigenvalue weighted by atomic mass is 32.2. The molecule has 0 radical (unpaired) electrons. The van der Waals surface area contributed by atoms with Crippen molar-refractivity contribution in [2.45, 2.75) is 38.4 Å². The van der Waals surface area contributed by atoms with Gasteiger partial charge in [-0.3, -0.25) is 14.3 Å². The Kier molecular flexibility index (Phi) is 5.74. The summed E-state index contributed by atoms with van der Waals surface area (Å²) in [4.78, 5) is 15.6. The van der Waals surface area contributed by atoms with Crippen LogP contribution in [0.2, 0.25) is 0 Å². The fourth-order valence-corrected chi connectivity index (χ4v) is 3.87. The second-order valence-electron chi connectivity index (χ2n) is 5.09. The Hall–Kier alpha value is -0.720. The molecule has 112 valence electrons. The van der Waals surface area contributed by atoms with Gasteiger partial charge < -0.3 is 4.90 Å². The minimum absolute atomic E-state index is 0.00987. The molecular formula is C14H22N2O2S2. The van der Waals surface area contributed by atoms with E-state index >= 15 is 0 Å². The van der Waals surface area contributed by atoms with E-state index in [9.17, 15) is 9.00 Å². The second kappa shape index (κ2) is 7.33. The first-order valence-electron chi connectivity index (χ1n) is 7.03. The van der Waals surface area contributed by atoms with Crippen molar-refractivity contribution in [1.29, 1.82) is 0 Å². The molecule has 0 saturated carbocycles. The van der Waals surface area contributed by atoms with Crippen LogP contribution in [0.4, 0.5) is 0 Å². The van der Waals surface area contributed by atoms with Crippen LogP contribution in [0.1, 0.15) is 37.2 Å². The van der Waals surface area contributed by atoms with Crippen molar-refractivity contribution in [3.8, 4) is 0 Å². The average Bonchev–Trinajstić information content (AvgIpc) is 3.01. The molecule has 1 aliphatic heterocycles. The van der Waals surface area contributed by atoms with Crippen molar-refractivity contribution < 1.29 is 9.00 Å². The SMILES string of the molecule is CCCC1NC(c2cccs2)N(CCCS(C)=O)C1=O. The first-order chi connectivity index (χ1) is 9.63. The number of hydrogen-bond donors (Lipinski definition) is 1. The highest BCUT2D eigenvalue weighted by Gasteiger charge is 2.38. The predicted molar refractivity (Wildman–Crippen MR) is 84.2 cm³/mol. The van der Waals surface area contributed by atoms with E-state index in [1.807, 2.05) is 16.3 Å². The van der Waals surface area contributed by atoms with Gasteiger partial charge in [0, 0.05) is 34.2 Å². The summed E-state index contributed by atoms with van der Waals surface area (Å²) in [7, 11) is -0.793. The quantitative estimate of drug-likeness (QED) is 0.838. The van der Waals surface area contributed by atoms with E-state index in [-0.39, 0.29) is 18.1 Å². The van der Waals surface area contributed by atoms with Crippen LogP contribution in [0, 0.1) is 0 Å². The predicted octanol–water partition coefficient (Wildman–Crippen LogP) is 2.12. The fraction of sp³-hybridized carbons (Fsp3) is 0.643. The lowest BCUT2D eigenvalue weighted by molar-refractivity contribution is -0.130. The molecule has 2 rings (SSSR count). The molecule has 1 amide bonds. The van der Waals surface area contributed by atoms with E-state index in [2.05, 4.69) is 18.3 Å². The van der Waals surface area contributed by atoms with Gasteiger partial charge in [-0.1, -0.05) is 19.4 Å². The molecule has 1 aliphatic rings. The Morgan fingerprint density at radius 3 is 2.90 bits per heavy atom. The highest BCUT2D eigenvalue weighted by molar-refractivity contribution is 7.84. The molecule has 6 heteroatoms. The van der Waals surface area contributed by atoms with Gasteiger partial charge in [-0.25, -0.2) is 0 Å². The van der Waals surface area contributed by atoms with Crippen molar-refractivity contribution in [3.05, 3.63) is 22.4 Å². The van der Waals surface area contributed by atoms with Crippen LogP contribution in [0.15, 0.2) is 17.5 Å². The molecule has 0 spiro atoms. The summed E-state index contributed by atoms with van der Waals surface area (Å²) in [5.74, 6) is 0.839. The Morgan fingerprint density at radius 1 is 1.50 bits per heavy atom. The van der Waals surface area contributed by atoms with Gasteiger partial charge in [-0.05, 0) is 24.3 Å². The number of amides is 1. The van der Waals surface area contributed by atoms with Crippen molar-refractivity contribution in [2.24, 2.45) is 0 Å². The van der Waals surface area contributed by atoms with E-state index in [1.165, 1.54) is 4.88 Å². The van der Waals surface area contributed by atoms with E-state index < -0.39 is 10.8 Å². The first-order valence-corrected chi connectivity index (χ1v) is 9.64. The number of hydrogen-bond acceptors (Lipinski definition) is 4. The van der Waals surface area contributed by atoms with Gasteiger partial charge in [0.05, 0.1) is 6.04 Å². The molecule has 4 nitrogen and oxygen atoms in total. The van der Waals surface area contributed by atoms with E-state index in [0.717, 1.165) is 19.3 Å². The van der Waals surface area contributed by atoms with Gasteiger partial charge in [0.2, 0.25) is 5.91 Å². The number of carbonyl (C=O) groups excluding carboxylic acids is 1. The van der Waals surface area contributed by atoms with Gasteiger partial charge in [-0.2, -0.15) is 0 Å². The van der Waals surface area contributed by atoms with Crippen LogP contribution in [0.3, 0.4) is 0 Å². The third-order valence-electron chi connectivity index (χ3n) is 3.47. The molecule has 1 aromatic rings. The molecule has 1 saturated heterocycles. The molecule has 1 N–H and O–H groups in total. The van der Waals surface area contributed by atoms with Crippen LogP contribution in [0.5, 0.6) is 0 Å². The Labute approximate surface area is 127 Å². The Morgan fingerprint density at radius 2 is 2.30 bits per heavy atom. The minimum Gasteiger partial charge on any atom is -0.321 e. The second-order valence-corrected chi connectivity index (χ2v) is 7.62. The molecule has 0 bridgehead atoms. The van der Waals surface area contributed by atoms with Crippen molar-refractivity contribution in [2.75, 3.05) is 18.6 Å².